The van der Waals surface area contributed by atoms with Crippen LogP contribution in [0.2, 0.25) is 0 Å². The van der Waals surface area contributed by atoms with Gasteiger partial charge in [0.15, 0.2) is 6.29 Å². The molecule has 86 valence electrons. The van der Waals surface area contributed by atoms with Crippen LogP contribution in [0.5, 0.6) is 0 Å². The van der Waals surface area contributed by atoms with Crippen molar-refractivity contribution >= 4 is 6.08 Å². The molecule has 1 saturated heterocycles. The Labute approximate surface area is 96.1 Å². The zero-order valence-electron chi connectivity index (χ0n) is 9.39. The summed E-state index contributed by atoms with van der Waals surface area (Å²) in [5.41, 5.74) is 1.95. The number of hydrogen-bond donors (Lipinski definition) is 0. The maximum atomic E-state index is 5.70. The predicted octanol–water partition coefficient (Wildman–Crippen LogP) is 2.77. The molecule has 1 fully saturated rings. The Balaban J connectivity index is 1.90. The molecule has 1 aromatic rings. The minimum atomic E-state index is -0.0494. The SMILES string of the molecule is C=Cc1ncccc1COC1CCCCO1. The van der Waals surface area contributed by atoms with E-state index in [4.69, 9.17) is 9.47 Å². The Hall–Kier alpha value is -1.19. The van der Waals surface area contributed by atoms with E-state index in [0.29, 0.717) is 6.61 Å². The minimum absolute atomic E-state index is 0.0494. The summed E-state index contributed by atoms with van der Waals surface area (Å²) in [6, 6.07) is 3.92. The minimum Gasteiger partial charge on any atom is -0.353 e. The Kier molecular flexibility index (Phi) is 4.08. The Morgan fingerprint density at radius 1 is 1.56 bits per heavy atom. The third-order valence-corrected chi connectivity index (χ3v) is 2.68. The van der Waals surface area contributed by atoms with Gasteiger partial charge in [-0.25, -0.2) is 0 Å². The highest BCUT2D eigenvalue weighted by Gasteiger charge is 2.14. The first-order valence-corrected chi connectivity index (χ1v) is 5.69. The average Bonchev–Trinajstić information content (AvgIpc) is 2.38. The molecule has 1 aliphatic heterocycles. The van der Waals surface area contributed by atoms with Crippen molar-refractivity contribution in [2.45, 2.75) is 32.2 Å². The summed E-state index contributed by atoms with van der Waals surface area (Å²) in [7, 11) is 0. The summed E-state index contributed by atoms with van der Waals surface area (Å²) < 4.78 is 11.2. The second-order valence-electron chi connectivity index (χ2n) is 3.86. The van der Waals surface area contributed by atoms with Crippen LogP contribution in [-0.2, 0) is 16.1 Å². The molecular formula is C13H17NO2. The Morgan fingerprint density at radius 3 is 3.25 bits per heavy atom. The van der Waals surface area contributed by atoms with Crippen LogP contribution in [0.15, 0.2) is 24.9 Å². The van der Waals surface area contributed by atoms with Crippen molar-refractivity contribution < 1.29 is 9.47 Å². The van der Waals surface area contributed by atoms with Gasteiger partial charge in [0, 0.05) is 18.4 Å². The fraction of sp³-hybridized carbons (Fsp3) is 0.462. The number of nitrogens with zero attached hydrogens (tertiary/aromatic N) is 1. The van der Waals surface area contributed by atoms with E-state index in [1.807, 2.05) is 12.1 Å². The topological polar surface area (TPSA) is 31.4 Å². The maximum absolute atomic E-state index is 5.70. The molecule has 0 spiro atoms. The number of aromatic nitrogens is 1. The largest absolute Gasteiger partial charge is 0.353 e. The molecular weight excluding hydrogens is 202 g/mol. The van der Waals surface area contributed by atoms with Crippen molar-refractivity contribution in [3.05, 3.63) is 36.2 Å². The van der Waals surface area contributed by atoms with E-state index in [1.165, 1.54) is 6.42 Å². The highest BCUT2D eigenvalue weighted by molar-refractivity contribution is 5.46. The lowest BCUT2D eigenvalue weighted by Gasteiger charge is -2.22. The van der Waals surface area contributed by atoms with Crippen LogP contribution in [0.3, 0.4) is 0 Å². The monoisotopic (exact) mass is 219 g/mol. The van der Waals surface area contributed by atoms with Crippen molar-refractivity contribution in [3.63, 3.8) is 0 Å². The van der Waals surface area contributed by atoms with Crippen molar-refractivity contribution in [1.29, 1.82) is 0 Å². The van der Waals surface area contributed by atoms with Crippen LogP contribution < -0.4 is 0 Å². The van der Waals surface area contributed by atoms with Gasteiger partial charge in [-0.2, -0.15) is 0 Å². The zero-order chi connectivity index (χ0) is 11.2. The summed E-state index contributed by atoms with van der Waals surface area (Å²) in [5, 5.41) is 0. The number of ether oxygens (including phenoxy) is 2. The fourth-order valence-corrected chi connectivity index (χ4v) is 1.78. The summed E-state index contributed by atoms with van der Waals surface area (Å²) in [6.45, 7) is 5.09. The van der Waals surface area contributed by atoms with E-state index < -0.39 is 0 Å². The van der Waals surface area contributed by atoms with Gasteiger partial charge in [-0.15, -0.1) is 0 Å². The van der Waals surface area contributed by atoms with Crippen molar-refractivity contribution in [2.24, 2.45) is 0 Å². The fourth-order valence-electron chi connectivity index (χ4n) is 1.78. The first-order chi connectivity index (χ1) is 7.90. The molecule has 0 N–H and O–H groups in total. The number of rotatable bonds is 4. The van der Waals surface area contributed by atoms with Crippen LogP contribution in [0.4, 0.5) is 0 Å². The molecule has 0 radical (unpaired) electrons. The van der Waals surface area contributed by atoms with Gasteiger partial charge in [0.1, 0.15) is 0 Å². The average molecular weight is 219 g/mol. The second kappa shape index (κ2) is 5.77. The van der Waals surface area contributed by atoms with Gasteiger partial charge in [-0.3, -0.25) is 4.98 Å². The summed E-state index contributed by atoms with van der Waals surface area (Å²) >= 11 is 0. The van der Waals surface area contributed by atoms with Gasteiger partial charge in [0.25, 0.3) is 0 Å². The van der Waals surface area contributed by atoms with Gasteiger partial charge in [-0.1, -0.05) is 12.6 Å². The van der Waals surface area contributed by atoms with Gasteiger partial charge in [0.05, 0.1) is 12.3 Å². The quantitative estimate of drug-likeness (QED) is 0.780. The normalized spacial score (nSPS) is 20.6. The lowest BCUT2D eigenvalue weighted by molar-refractivity contribution is -0.169. The van der Waals surface area contributed by atoms with E-state index in [1.54, 1.807) is 12.3 Å². The van der Waals surface area contributed by atoms with Gasteiger partial charge in [-0.05, 0) is 31.4 Å². The molecule has 0 saturated carbocycles. The number of pyridine rings is 1. The van der Waals surface area contributed by atoms with Crippen LogP contribution in [0.1, 0.15) is 30.5 Å². The molecule has 0 bridgehead atoms. The van der Waals surface area contributed by atoms with Crippen LogP contribution >= 0.6 is 0 Å². The maximum Gasteiger partial charge on any atom is 0.158 e. The first kappa shape index (κ1) is 11.3. The third kappa shape index (κ3) is 2.90. The molecule has 16 heavy (non-hydrogen) atoms. The van der Waals surface area contributed by atoms with Crippen molar-refractivity contribution in [3.8, 4) is 0 Å². The molecule has 0 aliphatic carbocycles. The van der Waals surface area contributed by atoms with Gasteiger partial charge in [0.2, 0.25) is 0 Å². The highest BCUT2D eigenvalue weighted by Crippen LogP contribution is 2.16. The smallest absolute Gasteiger partial charge is 0.158 e. The van der Waals surface area contributed by atoms with Gasteiger partial charge < -0.3 is 9.47 Å². The molecule has 0 amide bonds. The van der Waals surface area contributed by atoms with E-state index in [2.05, 4.69) is 11.6 Å². The standard InChI is InChI=1S/C13H17NO2/c1-2-12-11(6-5-8-14-12)10-16-13-7-3-4-9-15-13/h2,5-6,8,13H,1,3-4,7,9-10H2. The Morgan fingerprint density at radius 2 is 2.50 bits per heavy atom. The molecule has 1 aromatic heterocycles. The first-order valence-electron chi connectivity index (χ1n) is 5.69. The molecule has 1 aliphatic rings. The summed E-state index contributed by atoms with van der Waals surface area (Å²) in [4.78, 5) is 4.22. The zero-order valence-corrected chi connectivity index (χ0v) is 9.39. The highest BCUT2D eigenvalue weighted by atomic mass is 16.7. The van der Waals surface area contributed by atoms with Crippen molar-refractivity contribution in [2.75, 3.05) is 6.61 Å². The lowest BCUT2D eigenvalue weighted by atomic mass is 10.2. The number of hydrogen-bond acceptors (Lipinski definition) is 3. The Bertz CT molecular complexity index is 346. The van der Waals surface area contributed by atoms with E-state index in [-0.39, 0.29) is 6.29 Å². The van der Waals surface area contributed by atoms with Crippen LogP contribution in [0, 0.1) is 0 Å². The molecule has 1 unspecified atom stereocenters. The molecule has 3 nitrogen and oxygen atoms in total. The molecule has 2 rings (SSSR count). The summed E-state index contributed by atoms with van der Waals surface area (Å²) in [6.07, 6.45) is 6.78. The molecule has 2 heterocycles. The summed E-state index contributed by atoms with van der Waals surface area (Å²) in [5.74, 6) is 0. The van der Waals surface area contributed by atoms with E-state index in [9.17, 15) is 0 Å². The van der Waals surface area contributed by atoms with E-state index >= 15 is 0 Å². The molecule has 0 aromatic carbocycles. The molecule has 3 heteroatoms. The lowest BCUT2D eigenvalue weighted by Crippen LogP contribution is -2.22. The van der Waals surface area contributed by atoms with Crippen molar-refractivity contribution in [1.82, 2.24) is 4.98 Å². The predicted molar refractivity (Wildman–Crippen MR) is 62.7 cm³/mol. The van der Waals surface area contributed by atoms with Crippen LogP contribution in [0.25, 0.3) is 6.08 Å². The van der Waals surface area contributed by atoms with Gasteiger partial charge >= 0.3 is 0 Å². The third-order valence-electron chi connectivity index (χ3n) is 2.68. The second-order valence-corrected chi connectivity index (χ2v) is 3.86. The van der Waals surface area contributed by atoms with Crippen LogP contribution in [-0.4, -0.2) is 17.9 Å². The molecule has 1 atom stereocenters. The van der Waals surface area contributed by atoms with E-state index in [0.717, 1.165) is 30.7 Å².